The van der Waals surface area contributed by atoms with Crippen LogP contribution in [0.4, 0.5) is 5.69 Å². The molecule has 0 amide bonds. The highest BCUT2D eigenvalue weighted by Crippen LogP contribution is 2.35. The standard InChI is InChI=1S/C11H13ClN2O3/c12-9-2-1-8(10(5-9)14(16)17)6-13-11(7-15)3-4-11/h1-2,5,13,15H,3-4,6-7H2. The fraction of sp³-hybridized carbons (Fsp3) is 0.455. The fourth-order valence-corrected chi connectivity index (χ4v) is 1.85. The molecule has 17 heavy (non-hydrogen) atoms. The molecule has 0 aromatic heterocycles. The minimum Gasteiger partial charge on any atom is -0.394 e. The summed E-state index contributed by atoms with van der Waals surface area (Å²) >= 11 is 5.73. The van der Waals surface area contributed by atoms with Gasteiger partial charge in [0.05, 0.1) is 11.5 Å². The molecule has 6 heteroatoms. The largest absolute Gasteiger partial charge is 0.394 e. The van der Waals surface area contributed by atoms with Crippen molar-refractivity contribution in [3.63, 3.8) is 0 Å². The average molecular weight is 257 g/mol. The van der Waals surface area contributed by atoms with Gasteiger partial charge in [0.25, 0.3) is 5.69 Å². The minimum atomic E-state index is -0.443. The van der Waals surface area contributed by atoms with Gasteiger partial charge in [-0.25, -0.2) is 0 Å². The number of hydrogen-bond donors (Lipinski definition) is 2. The van der Waals surface area contributed by atoms with E-state index in [2.05, 4.69) is 5.32 Å². The molecular formula is C11H13ClN2O3. The normalized spacial score (nSPS) is 16.8. The molecule has 0 atom stereocenters. The van der Waals surface area contributed by atoms with Gasteiger partial charge in [-0.1, -0.05) is 11.6 Å². The van der Waals surface area contributed by atoms with Crippen LogP contribution in [0.1, 0.15) is 18.4 Å². The monoisotopic (exact) mass is 256 g/mol. The van der Waals surface area contributed by atoms with Crippen LogP contribution in [-0.4, -0.2) is 22.2 Å². The zero-order valence-corrected chi connectivity index (χ0v) is 9.91. The van der Waals surface area contributed by atoms with Crippen molar-refractivity contribution in [3.05, 3.63) is 38.9 Å². The van der Waals surface area contributed by atoms with Crippen LogP contribution in [0.2, 0.25) is 5.02 Å². The van der Waals surface area contributed by atoms with Crippen molar-refractivity contribution in [1.82, 2.24) is 5.32 Å². The van der Waals surface area contributed by atoms with E-state index in [1.165, 1.54) is 6.07 Å². The number of aliphatic hydroxyl groups excluding tert-OH is 1. The zero-order chi connectivity index (χ0) is 12.5. The van der Waals surface area contributed by atoms with Crippen LogP contribution in [-0.2, 0) is 6.54 Å². The molecule has 0 saturated heterocycles. The smallest absolute Gasteiger partial charge is 0.275 e. The van der Waals surface area contributed by atoms with E-state index in [0.717, 1.165) is 12.8 Å². The Hall–Kier alpha value is -1.17. The van der Waals surface area contributed by atoms with E-state index >= 15 is 0 Å². The van der Waals surface area contributed by atoms with E-state index in [1.807, 2.05) is 0 Å². The highest BCUT2D eigenvalue weighted by atomic mass is 35.5. The number of nitro benzene ring substituents is 1. The van der Waals surface area contributed by atoms with Crippen molar-refractivity contribution in [2.45, 2.75) is 24.9 Å². The predicted octanol–water partition coefficient (Wildman–Crippen LogP) is 1.86. The number of nitrogens with one attached hydrogen (secondary N) is 1. The van der Waals surface area contributed by atoms with Crippen molar-refractivity contribution in [1.29, 1.82) is 0 Å². The van der Waals surface area contributed by atoms with Gasteiger partial charge in [-0.2, -0.15) is 0 Å². The van der Waals surface area contributed by atoms with Crippen molar-refractivity contribution >= 4 is 17.3 Å². The Morgan fingerprint density at radius 1 is 1.53 bits per heavy atom. The fourth-order valence-electron chi connectivity index (χ4n) is 1.68. The lowest BCUT2D eigenvalue weighted by Gasteiger charge is -2.14. The van der Waals surface area contributed by atoms with Gasteiger partial charge < -0.3 is 10.4 Å². The quantitative estimate of drug-likeness (QED) is 0.623. The summed E-state index contributed by atoms with van der Waals surface area (Å²) in [6.07, 6.45) is 1.82. The Morgan fingerprint density at radius 3 is 2.76 bits per heavy atom. The third-order valence-corrected chi connectivity index (χ3v) is 3.29. The van der Waals surface area contributed by atoms with E-state index in [-0.39, 0.29) is 17.8 Å². The highest BCUT2D eigenvalue weighted by Gasteiger charge is 2.41. The topological polar surface area (TPSA) is 75.4 Å². The van der Waals surface area contributed by atoms with E-state index in [1.54, 1.807) is 12.1 Å². The summed E-state index contributed by atoms with van der Waals surface area (Å²) in [5.74, 6) is 0. The SMILES string of the molecule is O=[N+]([O-])c1cc(Cl)ccc1CNC1(CO)CC1. The van der Waals surface area contributed by atoms with Crippen LogP contribution >= 0.6 is 11.6 Å². The lowest BCUT2D eigenvalue weighted by atomic mass is 10.1. The number of rotatable bonds is 5. The number of hydrogen-bond acceptors (Lipinski definition) is 4. The van der Waals surface area contributed by atoms with E-state index in [9.17, 15) is 10.1 Å². The van der Waals surface area contributed by atoms with Crippen LogP contribution in [0.15, 0.2) is 18.2 Å². The van der Waals surface area contributed by atoms with Crippen LogP contribution in [0.5, 0.6) is 0 Å². The molecule has 1 fully saturated rings. The van der Waals surface area contributed by atoms with Crippen LogP contribution < -0.4 is 5.32 Å². The predicted molar refractivity (Wildman–Crippen MR) is 64.0 cm³/mol. The first kappa shape index (κ1) is 12.3. The molecule has 1 aliphatic carbocycles. The second-order valence-electron chi connectivity index (χ2n) is 4.32. The molecule has 2 N–H and O–H groups in total. The third kappa shape index (κ3) is 2.74. The first-order valence-corrected chi connectivity index (χ1v) is 5.73. The maximum Gasteiger partial charge on any atom is 0.275 e. The maximum atomic E-state index is 10.9. The molecule has 0 aliphatic heterocycles. The van der Waals surface area contributed by atoms with Gasteiger partial charge in [-0.05, 0) is 25.0 Å². The van der Waals surface area contributed by atoms with Gasteiger partial charge >= 0.3 is 0 Å². The molecule has 5 nitrogen and oxygen atoms in total. The summed E-state index contributed by atoms with van der Waals surface area (Å²) in [4.78, 5) is 10.4. The van der Waals surface area contributed by atoms with Crippen LogP contribution in [0.3, 0.4) is 0 Å². The third-order valence-electron chi connectivity index (χ3n) is 3.05. The molecule has 1 aliphatic rings. The molecule has 0 unspecified atom stereocenters. The average Bonchev–Trinajstić information content (AvgIpc) is 3.08. The second kappa shape index (κ2) is 4.60. The maximum absolute atomic E-state index is 10.9. The molecule has 1 saturated carbocycles. The molecule has 0 bridgehead atoms. The van der Waals surface area contributed by atoms with Gasteiger partial charge in [0.15, 0.2) is 0 Å². The second-order valence-corrected chi connectivity index (χ2v) is 4.76. The summed E-state index contributed by atoms with van der Waals surface area (Å²) in [6, 6.07) is 4.61. The molecule has 0 radical (unpaired) electrons. The van der Waals surface area contributed by atoms with Gasteiger partial charge in [0.1, 0.15) is 0 Å². The Morgan fingerprint density at radius 2 is 2.24 bits per heavy atom. The number of benzene rings is 1. The number of nitrogens with zero attached hydrogens (tertiary/aromatic N) is 1. The van der Waals surface area contributed by atoms with E-state index in [4.69, 9.17) is 16.7 Å². The van der Waals surface area contributed by atoms with Gasteiger partial charge in [0, 0.05) is 28.7 Å². The molecule has 2 rings (SSSR count). The van der Waals surface area contributed by atoms with Gasteiger partial charge in [-0.3, -0.25) is 10.1 Å². The zero-order valence-electron chi connectivity index (χ0n) is 9.15. The van der Waals surface area contributed by atoms with Crippen molar-refractivity contribution in [3.8, 4) is 0 Å². The Kier molecular flexibility index (Phi) is 3.33. The van der Waals surface area contributed by atoms with Gasteiger partial charge in [-0.15, -0.1) is 0 Å². The lowest BCUT2D eigenvalue weighted by Crippen LogP contribution is -2.34. The van der Waals surface area contributed by atoms with E-state index in [0.29, 0.717) is 17.1 Å². The molecule has 0 spiro atoms. The number of nitro groups is 1. The van der Waals surface area contributed by atoms with Crippen molar-refractivity contribution in [2.24, 2.45) is 0 Å². The Labute approximate surface area is 104 Å². The molecule has 0 heterocycles. The summed E-state index contributed by atoms with van der Waals surface area (Å²) in [6.45, 7) is 0.433. The van der Waals surface area contributed by atoms with Crippen molar-refractivity contribution < 1.29 is 10.0 Å². The number of halogens is 1. The van der Waals surface area contributed by atoms with Gasteiger partial charge in [0.2, 0.25) is 0 Å². The van der Waals surface area contributed by atoms with Crippen molar-refractivity contribution in [2.75, 3.05) is 6.61 Å². The summed E-state index contributed by atoms with van der Waals surface area (Å²) < 4.78 is 0. The molecule has 1 aromatic carbocycles. The summed E-state index contributed by atoms with van der Waals surface area (Å²) in [7, 11) is 0. The van der Waals surface area contributed by atoms with Crippen LogP contribution in [0, 0.1) is 10.1 Å². The molecule has 92 valence electrons. The minimum absolute atomic E-state index is 0.0127. The number of aliphatic hydroxyl groups is 1. The lowest BCUT2D eigenvalue weighted by molar-refractivity contribution is -0.385. The summed E-state index contributed by atoms with van der Waals surface area (Å²) in [5.41, 5.74) is 0.367. The molecule has 1 aromatic rings. The van der Waals surface area contributed by atoms with Crippen LogP contribution in [0.25, 0.3) is 0 Å². The van der Waals surface area contributed by atoms with E-state index < -0.39 is 4.92 Å². The summed E-state index contributed by atoms with van der Waals surface area (Å²) in [5, 5.41) is 23.5. The first-order valence-electron chi connectivity index (χ1n) is 5.35. The Bertz CT molecular complexity index is 446. The highest BCUT2D eigenvalue weighted by molar-refractivity contribution is 6.30. The Balaban J connectivity index is 2.12. The molecular weight excluding hydrogens is 244 g/mol. The first-order chi connectivity index (χ1) is 8.06.